The van der Waals surface area contributed by atoms with E-state index < -0.39 is 0 Å². The fourth-order valence-corrected chi connectivity index (χ4v) is 3.25. The first-order valence-electron chi connectivity index (χ1n) is 9.65. The van der Waals surface area contributed by atoms with Gasteiger partial charge in [0.2, 0.25) is 0 Å². The Morgan fingerprint density at radius 3 is 2.52 bits per heavy atom. The van der Waals surface area contributed by atoms with E-state index in [2.05, 4.69) is 76.0 Å². The second kappa shape index (κ2) is 10.1. The fourth-order valence-electron chi connectivity index (χ4n) is 3.25. The Hall–Kier alpha value is -2.37. The second-order valence-electron chi connectivity index (χ2n) is 6.88. The number of hydrogen-bond acceptors (Lipinski definition) is 3. The Bertz CT molecular complexity index is 753. The number of ether oxygens (including phenoxy) is 1. The van der Waals surface area contributed by atoms with Crippen molar-refractivity contribution in [3.63, 3.8) is 0 Å². The van der Waals surface area contributed by atoms with Crippen LogP contribution in [0.15, 0.2) is 53.5 Å². The smallest absolute Gasteiger partial charge is 0.191 e. The summed E-state index contributed by atoms with van der Waals surface area (Å²) in [5.74, 6) is 0.837. The molecule has 1 aliphatic heterocycles. The van der Waals surface area contributed by atoms with Gasteiger partial charge in [-0.2, -0.15) is 0 Å². The number of guanidine groups is 1. The summed E-state index contributed by atoms with van der Waals surface area (Å²) in [4.78, 5) is 6.74. The number of rotatable bonds is 6. The molecule has 0 aliphatic carbocycles. The zero-order valence-corrected chi connectivity index (χ0v) is 16.4. The van der Waals surface area contributed by atoms with Crippen LogP contribution in [0, 0.1) is 6.92 Å². The maximum atomic E-state index is 5.39. The number of aliphatic imine (C=N–C) groups is 1. The van der Waals surface area contributed by atoms with Crippen LogP contribution in [0.1, 0.15) is 11.1 Å². The molecule has 0 saturated carbocycles. The van der Waals surface area contributed by atoms with Gasteiger partial charge >= 0.3 is 0 Å². The molecule has 1 fully saturated rings. The third-order valence-electron chi connectivity index (χ3n) is 4.79. The predicted octanol–water partition coefficient (Wildman–Crippen LogP) is 2.66. The van der Waals surface area contributed by atoms with Crippen LogP contribution in [0.3, 0.4) is 0 Å². The lowest BCUT2D eigenvalue weighted by Crippen LogP contribution is -2.44. The van der Waals surface area contributed by atoms with E-state index >= 15 is 0 Å². The largest absolute Gasteiger partial charge is 0.379 e. The average Bonchev–Trinajstić information content (AvgIpc) is 2.71. The molecule has 2 aromatic carbocycles. The highest BCUT2D eigenvalue weighted by Crippen LogP contribution is 2.21. The minimum absolute atomic E-state index is 0.747. The molecule has 0 bridgehead atoms. The Morgan fingerprint density at radius 1 is 1.04 bits per heavy atom. The van der Waals surface area contributed by atoms with Gasteiger partial charge in [-0.1, -0.05) is 48.0 Å². The molecule has 0 amide bonds. The summed E-state index contributed by atoms with van der Waals surface area (Å²) in [6, 6.07) is 17.3. The van der Waals surface area contributed by atoms with E-state index in [4.69, 9.17) is 4.74 Å². The van der Waals surface area contributed by atoms with Crippen LogP contribution in [0.25, 0.3) is 11.1 Å². The molecule has 1 aliphatic rings. The molecular formula is C22H30N4O. The molecule has 0 atom stereocenters. The Kier molecular flexibility index (Phi) is 7.25. The van der Waals surface area contributed by atoms with Crippen LogP contribution in [0.5, 0.6) is 0 Å². The lowest BCUT2D eigenvalue weighted by atomic mass is 10.0. The van der Waals surface area contributed by atoms with Crippen LogP contribution in [-0.2, 0) is 11.3 Å². The second-order valence-corrected chi connectivity index (χ2v) is 6.88. The summed E-state index contributed by atoms with van der Waals surface area (Å²) in [6.45, 7) is 8.46. The third kappa shape index (κ3) is 6.08. The molecule has 5 heteroatoms. The lowest BCUT2D eigenvalue weighted by Gasteiger charge is -2.26. The van der Waals surface area contributed by atoms with Gasteiger partial charge in [0.15, 0.2) is 5.96 Å². The quantitative estimate of drug-likeness (QED) is 0.610. The molecule has 0 spiro atoms. The maximum Gasteiger partial charge on any atom is 0.191 e. The number of morpholine rings is 1. The van der Waals surface area contributed by atoms with E-state index in [0.717, 1.165) is 51.9 Å². The topological polar surface area (TPSA) is 48.9 Å². The number of nitrogens with zero attached hydrogens (tertiary/aromatic N) is 2. The van der Waals surface area contributed by atoms with Gasteiger partial charge in [-0.25, -0.2) is 0 Å². The molecule has 0 aromatic heterocycles. The summed E-state index contributed by atoms with van der Waals surface area (Å²) >= 11 is 0. The summed E-state index contributed by atoms with van der Waals surface area (Å²) < 4.78 is 5.39. The maximum absolute atomic E-state index is 5.39. The minimum Gasteiger partial charge on any atom is -0.379 e. The van der Waals surface area contributed by atoms with Crippen molar-refractivity contribution in [2.24, 2.45) is 4.99 Å². The van der Waals surface area contributed by atoms with Crippen molar-refractivity contribution < 1.29 is 4.74 Å². The summed E-state index contributed by atoms with van der Waals surface area (Å²) in [5.41, 5.74) is 5.02. The zero-order valence-electron chi connectivity index (χ0n) is 16.4. The van der Waals surface area contributed by atoms with Crippen LogP contribution >= 0.6 is 0 Å². The number of aryl methyl sites for hydroxylation is 1. The molecular weight excluding hydrogens is 336 g/mol. The summed E-state index contributed by atoms with van der Waals surface area (Å²) in [7, 11) is 1.81. The van der Waals surface area contributed by atoms with E-state index in [0.29, 0.717) is 0 Å². The first-order valence-corrected chi connectivity index (χ1v) is 9.65. The van der Waals surface area contributed by atoms with Gasteiger partial charge in [0.25, 0.3) is 0 Å². The highest BCUT2D eigenvalue weighted by molar-refractivity contribution is 5.79. The highest BCUT2D eigenvalue weighted by Gasteiger charge is 2.09. The number of hydrogen-bond donors (Lipinski definition) is 2. The van der Waals surface area contributed by atoms with Crippen LogP contribution < -0.4 is 10.6 Å². The van der Waals surface area contributed by atoms with Crippen LogP contribution in [-0.4, -0.2) is 57.3 Å². The highest BCUT2D eigenvalue weighted by atomic mass is 16.5. The molecule has 5 nitrogen and oxygen atoms in total. The van der Waals surface area contributed by atoms with Crippen molar-refractivity contribution in [3.05, 3.63) is 59.7 Å². The molecule has 1 heterocycles. The average molecular weight is 367 g/mol. The molecule has 3 rings (SSSR count). The van der Waals surface area contributed by atoms with E-state index in [-0.39, 0.29) is 0 Å². The standard InChI is InChI=1S/C22H30N4O/c1-18-5-3-7-20(15-18)21-8-4-6-19(16-21)17-25-22(23-2)24-9-10-26-11-13-27-14-12-26/h3-8,15-16H,9-14,17H2,1-2H3,(H2,23,24,25). The van der Waals surface area contributed by atoms with Crippen LogP contribution in [0.2, 0.25) is 0 Å². The Balaban J connectivity index is 1.50. The molecule has 144 valence electrons. The number of benzene rings is 2. The lowest BCUT2D eigenvalue weighted by molar-refractivity contribution is 0.0389. The number of nitrogens with one attached hydrogen (secondary N) is 2. The Labute approximate surface area is 162 Å². The molecule has 1 saturated heterocycles. The van der Waals surface area contributed by atoms with E-state index in [1.165, 1.54) is 22.3 Å². The first kappa shape index (κ1) is 19.4. The van der Waals surface area contributed by atoms with Gasteiger partial charge in [-0.15, -0.1) is 0 Å². The minimum atomic E-state index is 0.747. The predicted molar refractivity (Wildman–Crippen MR) is 112 cm³/mol. The van der Waals surface area contributed by atoms with Gasteiger partial charge in [0.1, 0.15) is 0 Å². The summed E-state index contributed by atoms with van der Waals surface area (Å²) in [5, 5.41) is 6.81. The van der Waals surface area contributed by atoms with Crippen molar-refractivity contribution in [1.82, 2.24) is 15.5 Å². The van der Waals surface area contributed by atoms with Gasteiger partial charge in [0, 0.05) is 39.8 Å². The van der Waals surface area contributed by atoms with E-state index in [1.54, 1.807) is 0 Å². The van der Waals surface area contributed by atoms with Crippen LogP contribution in [0.4, 0.5) is 0 Å². The Morgan fingerprint density at radius 2 is 1.78 bits per heavy atom. The fraction of sp³-hybridized carbons (Fsp3) is 0.409. The first-order chi connectivity index (χ1) is 13.2. The van der Waals surface area contributed by atoms with Crippen molar-refractivity contribution >= 4 is 5.96 Å². The van der Waals surface area contributed by atoms with Crippen molar-refractivity contribution in [2.75, 3.05) is 46.4 Å². The van der Waals surface area contributed by atoms with E-state index in [1.807, 2.05) is 7.05 Å². The van der Waals surface area contributed by atoms with E-state index in [9.17, 15) is 0 Å². The molecule has 2 N–H and O–H groups in total. The van der Waals surface area contributed by atoms with Gasteiger partial charge in [0.05, 0.1) is 13.2 Å². The van der Waals surface area contributed by atoms with Crippen molar-refractivity contribution in [3.8, 4) is 11.1 Å². The van der Waals surface area contributed by atoms with Gasteiger partial charge < -0.3 is 15.4 Å². The van der Waals surface area contributed by atoms with Gasteiger partial charge in [-0.05, 0) is 29.7 Å². The van der Waals surface area contributed by atoms with Crippen molar-refractivity contribution in [1.29, 1.82) is 0 Å². The SMILES string of the molecule is CN=C(NCCN1CCOCC1)NCc1cccc(-c2cccc(C)c2)c1. The normalized spacial score (nSPS) is 15.6. The monoisotopic (exact) mass is 366 g/mol. The molecule has 2 aromatic rings. The molecule has 0 unspecified atom stereocenters. The molecule has 0 radical (unpaired) electrons. The zero-order chi connectivity index (χ0) is 18.9. The summed E-state index contributed by atoms with van der Waals surface area (Å²) in [6.07, 6.45) is 0. The third-order valence-corrected chi connectivity index (χ3v) is 4.79. The van der Waals surface area contributed by atoms with Crippen molar-refractivity contribution in [2.45, 2.75) is 13.5 Å². The van der Waals surface area contributed by atoms with Gasteiger partial charge in [-0.3, -0.25) is 9.89 Å². The molecule has 27 heavy (non-hydrogen) atoms.